The van der Waals surface area contributed by atoms with Crippen molar-refractivity contribution in [3.8, 4) is 0 Å². The first-order chi connectivity index (χ1) is 11.2. The minimum Gasteiger partial charge on any atom is -0.358 e. The van der Waals surface area contributed by atoms with Crippen LogP contribution in [0.25, 0.3) is 0 Å². The highest BCUT2D eigenvalue weighted by molar-refractivity contribution is 7.99. The van der Waals surface area contributed by atoms with Crippen molar-refractivity contribution in [2.24, 2.45) is 5.92 Å². The number of carbonyl (C=O) groups is 1. The third kappa shape index (κ3) is 2.79. The van der Waals surface area contributed by atoms with Crippen LogP contribution >= 0.6 is 23.4 Å². The fourth-order valence-corrected chi connectivity index (χ4v) is 4.76. The molecular weight excluding hydrogens is 326 g/mol. The number of hydrogen-bond donors (Lipinski definition) is 1. The first kappa shape index (κ1) is 14.9. The molecule has 23 heavy (non-hydrogen) atoms. The van der Waals surface area contributed by atoms with E-state index in [1.54, 1.807) is 11.8 Å². The van der Waals surface area contributed by atoms with Crippen molar-refractivity contribution in [2.45, 2.75) is 23.0 Å². The molecule has 0 saturated heterocycles. The van der Waals surface area contributed by atoms with E-state index >= 15 is 0 Å². The summed E-state index contributed by atoms with van der Waals surface area (Å²) in [4.78, 5) is 13.8. The standard InChI is InChI=1S/C19H16ClNOS/c20-13-10-8-12(9-11-13)19-18-15(5-3-6-16(18)22)21-14-4-1-2-7-17(14)23-19/h1-2,4-5,7-11,18-19,21H,3,6H2/t18-,19-/m0/s1. The number of thioether (sulfide) groups is 1. The van der Waals surface area contributed by atoms with Crippen molar-refractivity contribution in [3.05, 3.63) is 70.9 Å². The van der Waals surface area contributed by atoms with Gasteiger partial charge in [0.15, 0.2) is 0 Å². The molecule has 2 aliphatic rings. The van der Waals surface area contributed by atoms with Crippen molar-refractivity contribution in [2.75, 3.05) is 5.32 Å². The molecule has 0 spiro atoms. The van der Waals surface area contributed by atoms with E-state index in [2.05, 4.69) is 23.5 Å². The van der Waals surface area contributed by atoms with Crippen LogP contribution in [0.15, 0.2) is 65.2 Å². The molecule has 0 amide bonds. The van der Waals surface area contributed by atoms with Crippen LogP contribution in [0.2, 0.25) is 5.02 Å². The zero-order valence-electron chi connectivity index (χ0n) is 12.5. The van der Waals surface area contributed by atoms with Gasteiger partial charge in [-0.2, -0.15) is 0 Å². The molecule has 4 heteroatoms. The minimum absolute atomic E-state index is 0.0717. The summed E-state index contributed by atoms with van der Waals surface area (Å²) in [5.41, 5.74) is 3.27. The lowest BCUT2D eigenvalue weighted by atomic mass is 9.85. The molecule has 4 rings (SSSR count). The topological polar surface area (TPSA) is 29.1 Å². The Morgan fingerprint density at radius 1 is 1.09 bits per heavy atom. The fourth-order valence-electron chi connectivity index (χ4n) is 3.23. The number of hydrogen-bond acceptors (Lipinski definition) is 3. The van der Waals surface area contributed by atoms with Crippen molar-refractivity contribution in [3.63, 3.8) is 0 Å². The van der Waals surface area contributed by atoms with E-state index < -0.39 is 0 Å². The quantitative estimate of drug-likeness (QED) is 0.746. The molecule has 1 aliphatic carbocycles. The number of carbonyl (C=O) groups excluding carboxylic acids is 1. The number of ketones is 1. The molecule has 1 heterocycles. The van der Waals surface area contributed by atoms with E-state index in [9.17, 15) is 4.79 Å². The number of halogens is 1. The van der Waals surface area contributed by atoms with Crippen LogP contribution in [0.5, 0.6) is 0 Å². The maximum Gasteiger partial charge on any atom is 0.143 e. The smallest absolute Gasteiger partial charge is 0.143 e. The molecule has 1 aliphatic heterocycles. The van der Waals surface area contributed by atoms with E-state index in [1.807, 2.05) is 36.4 Å². The summed E-state index contributed by atoms with van der Waals surface area (Å²) in [5.74, 6) is 0.192. The van der Waals surface area contributed by atoms with Crippen LogP contribution in [0, 0.1) is 5.92 Å². The second-order valence-corrected chi connectivity index (χ2v) is 7.47. The Kier molecular flexibility index (Phi) is 3.92. The normalized spacial score (nSPS) is 23.2. The van der Waals surface area contributed by atoms with Crippen LogP contribution in [-0.2, 0) is 4.79 Å². The molecule has 0 saturated carbocycles. The Bertz CT molecular complexity index is 784. The lowest BCUT2D eigenvalue weighted by Crippen LogP contribution is -2.27. The zero-order chi connectivity index (χ0) is 15.8. The highest BCUT2D eigenvalue weighted by Gasteiger charge is 2.37. The molecule has 0 radical (unpaired) electrons. The maximum absolute atomic E-state index is 12.7. The Morgan fingerprint density at radius 2 is 1.87 bits per heavy atom. The molecule has 2 atom stereocenters. The fraction of sp³-hybridized carbons (Fsp3) is 0.211. The molecule has 2 aromatic rings. The van der Waals surface area contributed by atoms with Crippen molar-refractivity contribution in [1.82, 2.24) is 0 Å². The number of fused-ring (bicyclic) bond motifs is 2. The van der Waals surface area contributed by atoms with Gasteiger partial charge in [-0.05, 0) is 36.2 Å². The van der Waals surface area contributed by atoms with E-state index in [-0.39, 0.29) is 11.2 Å². The van der Waals surface area contributed by atoms with Gasteiger partial charge in [0.1, 0.15) is 5.78 Å². The molecular formula is C19H16ClNOS. The van der Waals surface area contributed by atoms with Gasteiger partial charge in [0, 0.05) is 27.3 Å². The largest absolute Gasteiger partial charge is 0.358 e. The molecule has 2 aromatic carbocycles. The van der Waals surface area contributed by atoms with Gasteiger partial charge in [0.2, 0.25) is 0 Å². The van der Waals surface area contributed by atoms with Gasteiger partial charge in [-0.3, -0.25) is 4.79 Å². The molecule has 0 aromatic heterocycles. The van der Waals surface area contributed by atoms with Crippen molar-refractivity contribution < 1.29 is 4.79 Å². The van der Waals surface area contributed by atoms with E-state index in [1.165, 1.54) is 4.90 Å². The van der Waals surface area contributed by atoms with E-state index in [4.69, 9.17) is 11.6 Å². The minimum atomic E-state index is -0.123. The van der Waals surface area contributed by atoms with E-state index in [0.29, 0.717) is 12.2 Å². The molecule has 0 bridgehead atoms. The number of rotatable bonds is 1. The molecule has 2 nitrogen and oxygen atoms in total. The molecule has 1 N–H and O–H groups in total. The van der Waals surface area contributed by atoms with Crippen LogP contribution in [0.3, 0.4) is 0 Å². The number of Topliss-reactive ketones (excluding diaryl/α,β-unsaturated/α-hetero) is 1. The highest BCUT2D eigenvalue weighted by Crippen LogP contribution is 2.50. The number of anilines is 1. The second kappa shape index (κ2) is 6.06. The van der Waals surface area contributed by atoms with Gasteiger partial charge >= 0.3 is 0 Å². The Balaban J connectivity index is 1.84. The lowest BCUT2D eigenvalue weighted by Gasteiger charge is -2.28. The highest BCUT2D eigenvalue weighted by atomic mass is 35.5. The average Bonchev–Trinajstić information content (AvgIpc) is 2.73. The van der Waals surface area contributed by atoms with Crippen LogP contribution in [0.4, 0.5) is 5.69 Å². The number of nitrogens with one attached hydrogen (secondary N) is 1. The number of para-hydroxylation sites is 1. The maximum atomic E-state index is 12.7. The van der Waals surface area contributed by atoms with Crippen LogP contribution in [0.1, 0.15) is 23.7 Å². The van der Waals surface area contributed by atoms with Crippen molar-refractivity contribution in [1.29, 1.82) is 0 Å². The summed E-state index contributed by atoms with van der Waals surface area (Å²) in [5, 5.41) is 4.29. The third-order valence-corrected chi connectivity index (χ3v) is 6.02. The van der Waals surface area contributed by atoms with Gasteiger partial charge < -0.3 is 5.32 Å². The molecule has 116 valence electrons. The lowest BCUT2D eigenvalue weighted by molar-refractivity contribution is -0.122. The summed E-state index contributed by atoms with van der Waals surface area (Å²) in [7, 11) is 0. The third-order valence-electron chi connectivity index (χ3n) is 4.36. The zero-order valence-corrected chi connectivity index (χ0v) is 14.0. The summed E-state index contributed by atoms with van der Waals surface area (Å²) < 4.78 is 0. The van der Waals surface area contributed by atoms with E-state index in [0.717, 1.165) is 28.4 Å². The van der Waals surface area contributed by atoms with Crippen molar-refractivity contribution >= 4 is 34.8 Å². The number of benzene rings is 2. The predicted octanol–water partition coefficient (Wildman–Crippen LogP) is 5.46. The SMILES string of the molecule is O=C1CCC=C2Nc3ccccc3S[C@@H](c3ccc(Cl)cc3)[C@H]12. The number of allylic oxidation sites excluding steroid dienone is 2. The summed E-state index contributed by atoms with van der Waals surface area (Å²) in [6.45, 7) is 0. The Morgan fingerprint density at radius 3 is 2.70 bits per heavy atom. The van der Waals surface area contributed by atoms with Crippen LogP contribution < -0.4 is 5.32 Å². The van der Waals surface area contributed by atoms with Crippen LogP contribution in [-0.4, -0.2) is 5.78 Å². The predicted molar refractivity (Wildman–Crippen MR) is 95.9 cm³/mol. The monoisotopic (exact) mass is 341 g/mol. The van der Waals surface area contributed by atoms with Gasteiger partial charge in [0.25, 0.3) is 0 Å². The van der Waals surface area contributed by atoms with Gasteiger partial charge in [-0.1, -0.05) is 41.9 Å². The van der Waals surface area contributed by atoms with Gasteiger partial charge in [-0.15, -0.1) is 11.8 Å². The first-order valence-electron chi connectivity index (χ1n) is 7.73. The molecule has 0 fully saturated rings. The average molecular weight is 342 g/mol. The summed E-state index contributed by atoms with van der Waals surface area (Å²) in [6, 6.07) is 16.1. The first-order valence-corrected chi connectivity index (χ1v) is 8.99. The Labute approximate surface area is 144 Å². The van der Waals surface area contributed by atoms with Gasteiger partial charge in [0.05, 0.1) is 11.6 Å². The summed E-state index contributed by atoms with van der Waals surface area (Å²) in [6.07, 6.45) is 3.62. The molecule has 0 unspecified atom stereocenters. The summed E-state index contributed by atoms with van der Waals surface area (Å²) >= 11 is 7.79. The second-order valence-electron chi connectivity index (χ2n) is 5.85. The Hall–Kier alpha value is -1.71. The van der Waals surface area contributed by atoms with Gasteiger partial charge in [-0.25, -0.2) is 0 Å².